The Morgan fingerprint density at radius 1 is 1.40 bits per heavy atom. The topological polar surface area (TPSA) is 141 Å². The molecule has 20 heavy (non-hydrogen) atoms. The zero-order valence-corrected chi connectivity index (χ0v) is 11.6. The highest BCUT2D eigenvalue weighted by molar-refractivity contribution is 7.46. The van der Waals surface area contributed by atoms with Crippen molar-refractivity contribution in [2.45, 2.75) is 24.5 Å². The lowest BCUT2D eigenvalue weighted by atomic mass is 10.1. The number of rotatable bonds is 8. The first kappa shape index (κ1) is 17.1. The third-order valence-electron chi connectivity index (χ3n) is 2.58. The van der Waals surface area contributed by atoms with Gasteiger partial charge in [-0.1, -0.05) is 13.2 Å². The molecular weight excluding hydrogens is 291 g/mol. The quantitative estimate of drug-likeness (QED) is 0.292. The Bertz CT molecular complexity index is 399. The third kappa shape index (κ3) is 5.22. The fourth-order valence-corrected chi connectivity index (χ4v) is 1.96. The second-order valence-corrected chi connectivity index (χ2v) is 5.43. The van der Waals surface area contributed by atoms with Crippen molar-refractivity contribution in [1.82, 2.24) is 10.6 Å². The van der Waals surface area contributed by atoms with Gasteiger partial charge in [0.05, 0.1) is 13.2 Å². The SMILES string of the molecule is C=CNCC(=C)N[C@@H]1O[C@H](COP(=O)(O)O)[C@@H](O)[C@H]1O. The molecular formula is C10H19N2O7P. The highest BCUT2D eigenvalue weighted by Crippen LogP contribution is 2.37. The van der Waals surface area contributed by atoms with Gasteiger partial charge in [0.25, 0.3) is 0 Å². The number of phosphoric ester groups is 1. The van der Waals surface area contributed by atoms with Crippen LogP contribution in [0.3, 0.4) is 0 Å². The van der Waals surface area contributed by atoms with Gasteiger partial charge in [-0.05, 0) is 6.20 Å². The monoisotopic (exact) mass is 310 g/mol. The number of aliphatic hydroxyl groups is 2. The van der Waals surface area contributed by atoms with Gasteiger partial charge >= 0.3 is 7.82 Å². The minimum absolute atomic E-state index is 0.343. The van der Waals surface area contributed by atoms with Crippen LogP contribution in [0.15, 0.2) is 25.1 Å². The third-order valence-corrected chi connectivity index (χ3v) is 3.06. The minimum atomic E-state index is -4.66. The molecule has 6 N–H and O–H groups in total. The molecule has 0 amide bonds. The summed E-state index contributed by atoms with van der Waals surface area (Å²) in [7, 11) is -4.66. The largest absolute Gasteiger partial charge is 0.469 e. The van der Waals surface area contributed by atoms with Crippen molar-refractivity contribution in [1.29, 1.82) is 0 Å². The molecule has 1 heterocycles. The van der Waals surface area contributed by atoms with Crippen LogP contribution < -0.4 is 10.6 Å². The van der Waals surface area contributed by atoms with Crippen LogP contribution in [0.1, 0.15) is 0 Å². The number of hydrogen-bond acceptors (Lipinski definition) is 7. The summed E-state index contributed by atoms with van der Waals surface area (Å²) >= 11 is 0. The van der Waals surface area contributed by atoms with Crippen LogP contribution in [0, 0.1) is 0 Å². The second kappa shape index (κ2) is 7.19. The normalized spacial score (nSPS) is 30.0. The molecule has 1 saturated heterocycles. The molecule has 0 unspecified atom stereocenters. The molecule has 1 aliphatic heterocycles. The van der Waals surface area contributed by atoms with Gasteiger partial charge in [-0.3, -0.25) is 4.52 Å². The molecule has 0 radical (unpaired) electrons. The lowest BCUT2D eigenvalue weighted by molar-refractivity contribution is -0.0290. The number of aliphatic hydroxyl groups excluding tert-OH is 2. The van der Waals surface area contributed by atoms with Crippen molar-refractivity contribution in [2.75, 3.05) is 13.2 Å². The lowest BCUT2D eigenvalue weighted by Gasteiger charge is -2.19. The summed E-state index contributed by atoms with van der Waals surface area (Å²) in [5.74, 6) is 0. The van der Waals surface area contributed by atoms with Crippen LogP contribution in [0.2, 0.25) is 0 Å². The predicted molar refractivity (Wildman–Crippen MR) is 69.1 cm³/mol. The van der Waals surface area contributed by atoms with E-state index in [4.69, 9.17) is 14.5 Å². The first-order chi connectivity index (χ1) is 9.24. The Morgan fingerprint density at radius 2 is 2.05 bits per heavy atom. The number of phosphoric acid groups is 1. The molecule has 0 aromatic heterocycles. The summed E-state index contributed by atoms with van der Waals surface area (Å²) in [6, 6.07) is 0. The first-order valence-corrected chi connectivity index (χ1v) is 7.28. The van der Waals surface area contributed by atoms with E-state index in [-0.39, 0.29) is 0 Å². The lowest BCUT2D eigenvalue weighted by Crippen LogP contribution is -2.41. The van der Waals surface area contributed by atoms with E-state index in [1.807, 2.05) is 0 Å². The number of nitrogens with one attached hydrogen (secondary N) is 2. The molecule has 116 valence electrons. The molecule has 0 saturated carbocycles. The van der Waals surface area contributed by atoms with Crippen LogP contribution in [-0.4, -0.2) is 57.7 Å². The molecule has 0 bridgehead atoms. The Kier molecular flexibility index (Phi) is 6.15. The van der Waals surface area contributed by atoms with E-state index in [1.165, 1.54) is 6.20 Å². The summed E-state index contributed by atoms with van der Waals surface area (Å²) < 4.78 is 20.1. The van der Waals surface area contributed by atoms with Gasteiger partial charge in [0.1, 0.15) is 18.3 Å². The smallest absolute Gasteiger partial charge is 0.387 e. The van der Waals surface area contributed by atoms with E-state index < -0.39 is 39.0 Å². The maximum absolute atomic E-state index is 10.6. The van der Waals surface area contributed by atoms with E-state index in [0.717, 1.165) is 0 Å². The van der Waals surface area contributed by atoms with Crippen molar-refractivity contribution in [3.8, 4) is 0 Å². The zero-order valence-electron chi connectivity index (χ0n) is 10.7. The van der Waals surface area contributed by atoms with Gasteiger partial charge in [-0.25, -0.2) is 4.57 Å². The molecule has 1 rings (SSSR count). The molecule has 0 aromatic rings. The molecule has 4 atom stereocenters. The van der Waals surface area contributed by atoms with Gasteiger partial charge in [0.15, 0.2) is 6.23 Å². The van der Waals surface area contributed by atoms with Crippen LogP contribution in [-0.2, 0) is 13.8 Å². The fraction of sp³-hybridized carbons (Fsp3) is 0.600. The Balaban J connectivity index is 2.49. The van der Waals surface area contributed by atoms with Gasteiger partial charge in [-0.2, -0.15) is 0 Å². The van der Waals surface area contributed by atoms with Crippen LogP contribution in [0.5, 0.6) is 0 Å². The van der Waals surface area contributed by atoms with E-state index in [9.17, 15) is 14.8 Å². The molecule has 9 nitrogen and oxygen atoms in total. The van der Waals surface area contributed by atoms with Crippen molar-refractivity contribution >= 4 is 7.82 Å². The van der Waals surface area contributed by atoms with Gasteiger partial charge in [-0.15, -0.1) is 0 Å². The highest BCUT2D eigenvalue weighted by Gasteiger charge is 2.43. The Labute approximate surface area is 116 Å². The summed E-state index contributed by atoms with van der Waals surface area (Å²) in [5, 5.41) is 25.0. The summed E-state index contributed by atoms with van der Waals surface area (Å²) in [5.41, 5.74) is 0.484. The van der Waals surface area contributed by atoms with Gasteiger partial charge in [0.2, 0.25) is 0 Å². The van der Waals surface area contributed by atoms with Crippen molar-refractivity contribution in [3.63, 3.8) is 0 Å². The van der Waals surface area contributed by atoms with Gasteiger partial charge < -0.3 is 35.4 Å². The molecule has 0 spiro atoms. The molecule has 0 aromatic carbocycles. The molecule has 0 aliphatic carbocycles. The fourth-order valence-electron chi connectivity index (χ4n) is 1.62. The Morgan fingerprint density at radius 3 is 2.60 bits per heavy atom. The predicted octanol–water partition coefficient (Wildman–Crippen LogP) is -1.62. The van der Waals surface area contributed by atoms with Crippen molar-refractivity contribution < 1.29 is 33.8 Å². The minimum Gasteiger partial charge on any atom is -0.387 e. The second-order valence-electron chi connectivity index (χ2n) is 4.20. The highest BCUT2D eigenvalue weighted by atomic mass is 31.2. The van der Waals surface area contributed by atoms with E-state index in [0.29, 0.717) is 12.2 Å². The number of hydrogen-bond donors (Lipinski definition) is 6. The number of ether oxygens (including phenoxy) is 1. The van der Waals surface area contributed by atoms with E-state index >= 15 is 0 Å². The Hall–Kier alpha value is -0.930. The maximum Gasteiger partial charge on any atom is 0.469 e. The molecule has 1 fully saturated rings. The zero-order chi connectivity index (χ0) is 15.3. The van der Waals surface area contributed by atoms with E-state index in [1.54, 1.807) is 0 Å². The van der Waals surface area contributed by atoms with Crippen LogP contribution >= 0.6 is 7.82 Å². The van der Waals surface area contributed by atoms with Gasteiger partial charge in [0, 0.05) is 5.70 Å². The van der Waals surface area contributed by atoms with Crippen LogP contribution in [0.25, 0.3) is 0 Å². The molecule has 10 heteroatoms. The van der Waals surface area contributed by atoms with Crippen molar-refractivity contribution in [2.24, 2.45) is 0 Å². The van der Waals surface area contributed by atoms with Crippen molar-refractivity contribution in [3.05, 3.63) is 25.1 Å². The summed E-state index contributed by atoms with van der Waals surface area (Å²) in [4.78, 5) is 17.2. The average molecular weight is 310 g/mol. The maximum atomic E-state index is 10.6. The summed E-state index contributed by atoms with van der Waals surface area (Å²) in [6.07, 6.45) is -3.16. The van der Waals surface area contributed by atoms with Crippen LogP contribution in [0.4, 0.5) is 0 Å². The molecule has 1 aliphatic rings. The standard InChI is InChI=1S/C10H19N2O7P/c1-3-11-4-6(2)12-10-9(14)8(13)7(19-10)5-18-20(15,16)17/h3,7-14H,1-2,4-5H2,(H2,15,16,17)/t7-,8-,9-,10-/m1/s1. The summed E-state index contributed by atoms with van der Waals surface area (Å²) in [6.45, 7) is 6.93. The first-order valence-electron chi connectivity index (χ1n) is 5.75. The average Bonchev–Trinajstić information content (AvgIpc) is 2.61. The van der Waals surface area contributed by atoms with E-state index in [2.05, 4.69) is 28.3 Å².